The van der Waals surface area contributed by atoms with E-state index in [0.29, 0.717) is 5.56 Å². The number of nitrogens with zero attached hydrogens (tertiary/aromatic N) is 1. The first-order chi connectivity index (χ1) is 8.93. The molecule has 1 heterocycles. The van der Waals surface area contributed by atoms with Gasteiger partial charge in [-0.2, -0.15) is 0 Å². The van der Waals surface area contributed by atoms with Crippen LogP contribution in [0.2, 0.25) is 10.2 Å². The number of hydrogen-bond acceptors (Lipinski definition) is 6. The molecule has 0 aromatic carbocycles. The molecular weight excluding hydrogens is 295 g/mol. The van der Waals surface area contributed by atoms with Crippen molar-refractivity contribution in [2.45, 2.75) is 6.92 Å². The Morgan fingerprint density at radius 2 is 2.16 bits per heavy atom. The lowest BCUT2D eigenvalue weighted by Gasteiger charge is -2.08. The maximum Gasteiger partial charge on any atom is 0.349 e. The van der Waals surface area contributed by atoms with Gasteiger partial charge in [-0.1, -0.05) is 23.2 Å². The summed E-state index contributed by atoms with van der Waals surface area (Å²) in [5.41, 5.74) is 5.71. The monoisotopic (exact) mass is 304 g/mol. The van der Waals surface area contributed by atoms with Crippen LogP contribution >= 0.6 is 23.2 Å². The van der Waals surface area contributed by atoms with Crippen LogP contribution in [0.15, 0.2) is 18.5 Å². The molecule has 2 N–H and O–H groups in total. The Morgan fingerprint density at radius 1 is 1.47 bits per heavy atom. The molecule has 0 spiro atoms. The van der Waals surface area contributed by atoms with Crippen molar-refractivity contribution < 1.29 is 19.1 Å². The summed E-state index contributed by atoms with van der Waals surface area (Å²) in [6, 6.07) is 1.44. The van der Waals surface area contributed by atoms with Gasteiger partial charge in [0.15, 0.2) is 12.4 Å². The fourth-order valence-electron chi connectivity index (χ4n) is 1.06. The Hall–Kier alpha value is -1.79. The number of carbonyl (C=O) groups excluding carboxylic acids is 2. The molecular formula is C11H10Cl2N2O4. The lowest BCUT2D eigenvalue weighted by Crippen LogP contribution is -2.15. The van der Waals surface area contributed by atoms with Crippen LogP contribution < -0.4 is 5.73 Å². The normalized spacial score (nSPS) is 11.0. The largest absolute Gasteiger partial charge is 0.454 e. The lowest BCUT2D eigenvalue weighted by atomic mass is 10.2. The van der Waals surface area contributed by atoms with Crippen molar-refractivity contribution >= 4 is 40.9 Å². The molecule has 0 aliphatic carbocycles. The summed E-state index contributed by atoms with van der Waals surface area (Å²) in [7, 11) is 0. The van der Waals surface area contributed by atoms with E-state index in [1.54, 1.807) is 0 Å². The molecule has 1 rings (SSSR count). The SMILES string of the molecule is CC(=O)OCC(=O)O/C(=C/N)c1cnc(Cl)c(Cl)c1. The molecule has 1 aromatic heterocycles. The number of carbonyl (C=O) groups is 2. The van der Waals surface area contributed by atoms with Gasteiger partial charge in [-0.25, -0.2) is 9.78 Å². The molecule has 8 heteroatoms. The molecule has 0 aliphatic rings. The van der Waals surface area contributed by atoms with Crippen molar-refractivity contribution in [3.05, 3.63) is 34.2 Å². The van der Waals surface area contributed by atoms with Crippen LogP contribution in [0.25, 0.3) is 5.76 Å². The van der Waals surface area contributed by atoms with E-state index in [1.807, 2.05) is 0 Å². The summed E-state index contributed by atoms with van der Waals surface area (Å²) in [5.74, 6) is -1.34. The first kappa shape index (κ1) is 15.3. The van der Waals surface area contributed by atoms with Crippen LogP contribution in [0.5, 0.6) is 0 Å². The highest BCUT2D eigenvalue weighted by Gasteiger charge is 2.12. The maximum absolute atomic E-state index is 11.4. The third-order valence-electron chi connectivity index (χ3n) is 1.85. The van der Waals surface area contributed by atoms with Crippen LogP contribution in [0.1, 0.15) is 12.5 Å². The van der Waals surface area contributed by atoms with Crippen LogP contribution in [-0.4, -0.2) is 23.5 Å². The summed E-state index contributed by atoms with van der Waals surface area (Å²) in [4.78, 5) is 25.7. The van der Waals surface area contributed by atoms with E-state index < -0.39 is 18.5 Å². The van der Waals surface area contributed by atoms with Crippen molar-refractivity contribution in [1.82, 2.24) is 4.98 Å². The van der Waals surface area contributed by atoms with Crippen molar-refractivity contribution in [2.24, 2.45) is 5.73 Å². The van der Waals surface area contributed by atoms with Gasteiger partial charge in [-0.3, -0.25) is 4.79 Å². The molecule has 0 fully saturated rings. The number of esters is 2. The van der Waals surface area contributed by atoms with Gasteiger partial charge < -0.3 is 15.2 Å². The Kier molecular flexibility index (Phi) is 5.59. The van der Waals surface area contributed by atoms with Crippen LogP contribution in [0.3, 0.4) is 0 Å². The van der Waals surface area contributed by atoms with E-state index in [4.69, 9.17) is 33.7 Å². The Labute approximate surface area is 119 Å². The number of hydrogen-bond donors (Lipinski definition) is 1. The van der Waals surface area contributed by atoms with Gasteiger partial charge in [0, 0.05) is 24.9 Å². The second-order valence-electron chi connectivity index (χ2n) is 3.28. The van der Waals surface area contributed by atoms with Crippen molar-refractivity contribution in [2.75, 3.05) is 6.61 Å². The maximum atomic E-state index is 11.4. The third kappa shape index (κ3) is 4.76. The molecule has 0 saturated carbocycles. The molecule has 0 saturated heterocycles. The molecule has 0 unspecified atom stereocenters. The van der Waals surface area contributed by atoms with Gasteiger partial charge in [0.05, 0.1) is 5.02 Å². The van der Waals surface area contributed by atoms with Crippen molar-refractivity contribution in [3.8, 4) is 0 Å². The molecule has 0 atom stereocenters. The van der Waals surface area contributed by atoms with Gasteiger partial charge in [0.2, 0.25) is 0 Å². The van der Waals surface area contributed by atoms with Crippen molar-refractivity contribution in [3.63, 3.8) is 0 Å². The number of pyridine rings is 1. The first-order valence-electron chi connectivity index (χ1n) is 5.01. The van der Waals surface area contributed by atoms with Gasteiger partial charge in [-0.05, 0) is 6.07 Å². The highest BCUT2D eigenvalue weighted by molar-refractivity contribution is 6.41. The summed E-state index contributed by atoms with van der Waals surface area (Å²) >= 11 is 11.4. The number of nitrogens with two attached hydrogens (primary N) is 1. The van der Waals surface area contributed by atoms with E-state index in [1.165, 1.54) is 19.2 Å². The Morgan fingerprint density at radius 3 is 2.68 bits per heavy atom. The molecule has 6 nitrogen and oxygen atoms in total. The number of ether oxygens (including phenoxy) is 2. The van der Waals surface area contributed by atoms with E-state index in [0.717, 1.165) is 6.20 Å². The predicted molar refractivity (Wildman–Crippen MR) is 69.1 cm³/mol. The van der Waals surface area contributed by atoms with Crippen LogP contribution in [0.4, 0.5) is 0 Å². The van der Waals surface area contributed by atoms with Gasteiger partial charge in [-0.15, -0.1) is 0 Å². The average Bonchev–Trinajstić information content (AvgIpc) is 2.37. The minimum Gasteiger partial charge on any atom is -0.454 e. The zero-order chi connectivity index (χ0) is 14.4. The molecule has 102 valence electrons. The lowest BCUT2D eigenvalue weighted by molar-refractivity contribution is -0.153. The standard InChI is InChI=1S/C11H10Cl2N2O4/c1-6(16)18-5-10(17)19-9(3-14)7-2-8(12)11(13)15-4-7/h2-4H,5,14H2,1H3/b9-3+. The summed E-state index contributed by atoms with van der Waals surface area (Å²) in [5, 5.41) is 0.308. The summed E-state index contributed by atoms with van der Waals surface area (Å²) in [6.45, 7) is 0.664. The molecule has 0 bridgehead atoms. The highest BCUT2D eigenvalue weighted by Crippen LogP contribution is 2.24. The Bertz CT molecular complexity index is 531. The average molecular weight is 305 g/mol. The summed E-state index contributed by atoms with van der Waals surface area (Å²) < 4.78 is 9.39. The predicted octanol–water partition coefficient (Wildman–Crippen LogP) is 1.75. The highest BCUT2D eigenvalue weighted by atomic mass is 35.5. The van der Waals surface area contributed by atoms with E-state index in [2.05, 4.69) is 9.72 Å². The van der Waals surface area contributed by atoms with Crippen LogP contribution in [0, 0.1) is 0 Å². The molecule has 1 aromatic rings. The van der Waals surface area contributed by atoms with Crippen molar-refractivity contribution in [1.29, 1.82) is 0 Å². The molecule has 0 amide bonds. The second kappa shape index (κ2) is 6.96. The van der Waals surface area contributed by atoms with Gasteiger partial charge in [0.25, 0.3) is 0 Å². The second-order valence-corrected chi connectivity index (χ2v) is 4.05. The quantitative estimate of drug-likeness (QED) is 0.517. The fraction of sp³-hybridized carbons (Fsp3) is 0.182. The summed E-state index contributed by atoms with van der Waals surface area (Å²) in [6.07, 6.45) is 2.40. The zero-order valence-corrected chi connectivity index (χ0v) is 11.4. The van der Waals surface area contributed by atoms with Gasteiger partial charge >= 0.3 is 11.9 Å². The number of aromatic nitrogens is 1. The van der Waals surface area contributed by atoms with Crippen LogP contribution in [-0.2, 0) is 19.1 Å². The first-order valence-corrected chi connectivity index (χ1v) is 5.77. The zero-order valence-electron chi connectivity index (χ0n) is 9.85. The Balaban J connectivity index is 2.76. The third-order valence-corrected chi connectivity index (χ3v) is 2.54. The molecule has 19 heavy (non-hydrogen) atoms. The smallest absolute Gasteiger partial charge is 0.349 e. The fourth-order valence-corrected chi connectivity index (χ4v) is 1.33. The molecule has 0 aliphatic heterocycles. The topological polar surface area (TPSA) is 91.5 Å². The van der Waals surface area contributed by atoms with E-state index in [-0.39, 0.29) is 15.9 Å². The number of rotatable bonds is 4. The minimum atomic E-state index is -0.780. The van der Waals surface area contributed by atoms with E-state index >= 15 is 0 Å². The van der Waals surface area contributed by atoms with E-state index in [9.17, 15) is 9.59 Å². The minimum absolute atomic E-state index is 0.0308. The molecule has 0 radical (unpaired) electrons. The number of halogens is 2. The van der Waals surface area contributed by atoms with Gasteiger partial charge in [0.1, 0.15) is 5.15 Å².